The smallest absolute Gasteiger partial charge is 0.232 e. The lowest BCUT2D eigenvalue weighted by molar-refractivity contribution is -0.151. The molecular formula is C21H32N6O. The molecule has 0 bridgehead atoms. The van der Waals surface area contributed by atoms with Gasteiger partial charge >= 0.3 is 0 Å². The molecule has 4 aliphatic rings. The van der Waals surface area contributed by atoms with Crippen molar-refractivity contribution in [1.29, 1.82) is 0 Å². The fourth-order valence-corrected chi connectivity index (χ4v) is 5.91. The van der Waals surface area contributed by atoms with Crippen molar-refractivity contribution in [2.75, 3.05) is 20.1 Å². The Bertz CT molecular complexity index is 719. The molecule has 3 aliphatic heterocycles. The molecule has 5 atom stereocenters. The molecular weight excluding hydrogens is 352 g/mol. The van der Waals surface area contributed by atoms with Crippen molar-refractivity contribution >= 4 is 5.91 Å². The second-order valence-corrected chi connectivity index (χ2v) is 9.07. The highest BCUT2D eigenvalue weighted by molar-refractivity contribution is 5.81. The molecule has 5 rings (SSSR count). The van der Waals surface area contributed by atoms with Crippen molar-refractivity contribution < 1.29 is 4.79 Å². The van der Waals surface area contributed by atoms with E-state index in [9.17, 15) is 4.79 Å². The lowest BCUT2D eigenvalue weighted by atomic mass is 9.74. The number of nitrogens with zero attached hydrogens (tertiary/aromatic N) is 2. The maximum absolute atomic E-state index is 13.3. The molecule has 1 amide bonds. The summed E-state index contributed by atoms with van der Waals surface area (Å²) in [6.45, 7) is 1.99. The number of nitrogens with one attached hydrogen (secondary N) is 3. The van der Waals surface area contributed by atoms with Crippen LogP contribution in [0.1, 0.15) is 43.7 Å². The molecule has 3 heterocycles. The molecule has 28 heavy (non-hydrogen) atoms. The topological polar surface area (TPSA) is 85.7 Å². The van der Waals surface area contributed by atoms with Crippen LogP contribution in [-0.4, -0.2) is 54.3 Å². The second-order valence-electron chi connectivity index (χ2n) is 9.07. The van der Waals surface area contributed by atoms with E-state index in [2.05, 4.69) is 33.2 Å². The number of nitrogens with two attached hydrogens (primary N) is 1. The summed E-state index contributed by atoms with van der Waals surface area (Å²) in [7, 11) is 1.93. The van der Waals surface area contributed by atoms with Crippen LogP contribution in [0, 0.1) is 11.3 Å². The van der Waals surface area contributed by atoms with Gasteiger partial charge in [-0.05, 0) is 36.7 Å². The van der Waals surface area contributed by atoms with Crippen LogP contribution in [0.15, 0.2) is 30.3 Å². The SMILES string of the molecule is CN1C(=O)C2C(NNC2c2ccccc2)NC1N1CCC2(CCC[C@H]2N)CC1. The molecule has 1 spiro atoms. The summed E-state index contributed by atoms with van der Waals surface area (Å²) in [5.41, 5.74) is 14.6. The maximum Gasteiger partial charge on any atom is 0.232 e. The molecule has 152 valence electrons. The molecule has 1 aromatic carbocycles. The summed E-state index contributed by atoms with van der Waals surface area (Å²) in [6, 6.07) is 10.5. The van der Waals surface area contributed by atoms with Crippen molar-refractivity contribution in [2.45, 2.75) is 56.6 Å². The van der Waals surface area contributed by atoms with Gasteiger partial charge in [0, 0.05) is 26.2 Å². The number of piperidine rings is 1. The van der Waals surface area contributed by atoms with Crippen LogP contribution in [0.5, 0.6) is 0 Å². The van der Waals surface area contributed by atoms with Gasteiger partial charge in [-0.15, -0.1) is 0 Å². The van der Waals surface area contributed by atoms with Gasteiger partial charge in [0.1, 0.15) is 6.29 Å². The Hall–Kier alpha value is -1.51. The first-order chi connectivity index (χ1) is 13.6. The van der Waals surface area contributed by atoms with E-state index in [1.54, 1.807) is 0 Å². The molecule has 1 saturated carbocycles. The van der Waals surface area contributed by atoms with Crippen LogP contribution in [0.25, 0.3) is 0 Å². The van der Waals surface area contributed by atoms with E-state index in [1.165, 1.54) is 19.3 Å². The van der Waals surface area contributed by atoms with E-state index in [4.69, 9.17) is 5.73 Å². The monoisotopic (exact) mass is 384 g/mol. The predicted octanol–water partition coefficient (Wildman–Crippen LogP) is 0.716. The van der Waals surface area contributed by atoms with Crippen molar-refractivity contribution in [1.82, 2.24) is 26.0 Å². The number of hydrogen-bond acceptors (Lipinski definition) is 6. The number of fused-ring (bicyclic) bond motifs is 1. The minimum absolute atomic E-state index is 0.0179. The first kappa shape index (κ1) is 18.5. The van der Waals surface area contributed by atoms with E-state index in [-0.39, 0.29) is 30.3 Å². The number of hydrogen-bond donors (Lipinski definition) is 4. The standard InChI is InChI=1S/C21H32N6O/c1-26-19(28)16-17(14-6-3-2-4-7-14)24-25-18(16)23-20(26)27-12-10-21(11-13-27)9-5-8-15(21)22/h2-4,6-7,15-18,20,23-25H,5,8-13,22H2,1H3/t15-,16?,17?,18?,20?/m1/s1. The Kier molecular flexibility index (Phi) is 4.68. The van der Waals surface area contributed by atoms with E-state index >= 15 is 0 Å². The molecule has 7 nitrogen and oxygen atoms in total. The lowest BCUT2D eigenvalue weighted by Gasteiger charge is -2.50. The summed E-state index contributed by atoms with van der Waals surface area (Å²) >= 11 is 0. The third kappa shape index (κ3) is 2.88. The Morgan fingerprint density at radius 1 is 1.11 bits per heavy atom. The van der Waals surface area contributed by atoms with Crippen LogP contribution in [0.3, 0.4) is 0 Å². The van der Waals surface area contributed by atoms with Crippen LogP contribution in [0.2, 0.25) is 0 Å². The number of carbonyl (C=O) groups is 1. The Balaban J connectivity index is 1.29. The van der Waals surface area contributed by atoms with E-state index in [1.807, 2.05) is 30.1 Å². The minimum Gasteiger partial charge on any atom is -0.327 e. The van der Waals surface area contributed by atoms with Crippen LogP contribution < -0.4 is 21.9 Å². The van der Waals surface area contributed by atoms with Crippen LogP contribution in [-0.2, 0) is 4.79 Å². The molecule has 5 N–H and O–H groups in total. The predicted molar refractivity (Wildman–Crippen MR) is 107 cm³/mol. The first-order valence-electron chi connectivity index (χ1n) is 10.7. The third-order valence-corrected chi connectivity index (χ3v) is 7.72. The molecule has 0 radical (unpaired) electrons. The fourth-order valence-electron chi connectivity index (χ4n) is 5.91. The van der Waals surface area contributed by atoms with E-state index in [0.29, 0.717) is 11.5 Å². The molecule has 4 fully saturated rings. The maximum atomic E-state index is 13.3. The molecule has 1 aromatic rings. The van der Waals surface area contributed by atoms with Gasteiger partial charge in [0.05, 0.1) is 18.1 Å². The molecule has 1 aliphatic carbocycles. The Morgan fingerprint density at radius 2 is 1.86 bits per heavy atom. The Morgan fingerprint density at radius 3 is 2.54 bits per heavy atom. The number of hydrazine groups is 1. The second kappa shape index (κ2) is 7.07. The summed E-state index contributed by atoms with van der Waals surface area (Å²) < 4.78 is 0. The average Bonchev–Trinajstić information content (AvgIpc) is 3.30. The van der Waals surface area contributed by atoms with Gasteiger partial charge in [0.2, 0.25) is 5.91 Å². The first-order valence-corrected chi connectivity index (χ1v) is 10.7. The number of carbonyl (C=O) groups excluding carboxylic acids is 1. The third-order valence-electron chi connectivity index (χ3n) is 7.72. The summed E-state index contributed by atoms with van der Waals surface area (Å²) in [4.78, 5) is 17.6. The number of amides is 1. The van der Waals surface area contributed by atoms with Gasteiger partial charge in [-0.25, -0.2) is 10.9 Å². The zero-order chi connectivity index (χ0) is 19.3. The molecule has 4 unspecified atom stereocenters. The number of benzene rings is 1. The largest absolute Gasteiger partial charge is 0.327 e. The van der Waals surface area contributed by atoms with Crippen molar-refractivity contribution in [3.05, 3.63) is 35.9 Å². The number of rotatable bonds is 2. The van der Waals surface area contributed by atoms with E-state index in [0.717, 1.165) is 31.5 Å². The van der Waals surface area contributed by atoms with Gasteiger partial charge in [-0.1, -0.05) is 36.8 Å². The van der Waals surface area contributed by atoms with Gasteiger partial charge < -0.3 is 10.6 Å². The van der Waals surface area contributed by atoms with Gasteiger partial charge in [0.25, 0.3) is 0 Å². The average molecular weight is 385 g/mol. The zero-order valence-corrected chi connectivity index (χ0v) is 16.6. The quantitative estimate of drug-likeness (QED) is 0.601. The van der Waals surface area contributed by atoms with Gasteiger partial charge in [0.15, 0.2) is 0 Å². The van der Waals surface area contributed by atoms with Crippen LogP contribution in [0.4, 0.5) is 0 Å². The normalized spacial score (nSPS) is 38.1. The Labute approximate surface area is 167 Å². The highest BCUT2D eigenvalue weighted by Crippen LogP contribution is 2.46. The molecule has 7 heteroatoms. The highest BCUT2D eigenvalue weighted by Gasteiger charge is 2.51. The van der Waals surface area contributed by atoms with E-state index < -0.39 is 0 Å². The van der Waals surface area contributed by atoms with Crippen molar-refractivity contribution in [3.8, 4) is 0 Å². The minimum atomic E-state index is -0.150. The van der Waals surface area contributed by atoms with Crippen molar-refractivity contribution in [3.63, 3.8) is 0 Å². The zero-order valence-electron chi connectivity index (χ0n) is 16.6. The van der Waals surface area contributed by atoms with Crippen molar-refractivity contribution in [2.24, 2.45) is 17.1 Å². The summed E-state index contributed by atoms with van der Waals surface area (Å²) in [6.07, 6.45) is 5.85. The highest BCUT2D eigenvalue weighted by atomic mass is 16.2. The summed E-state index contributed by atoms with van der Waals surface area (Å²) in [5.74, 6) is 0.0426. The summed E-state index contributed by atoms with van der Waals surface area (Å²) in [5, 5.41) is 3.68. The fraction of sp³-hybridized carbons (Fsp3) is 0.667. The van der Waals surface area contributed by atoms with Crippen LogP contribution >= 0.6 is 0 Å². The lowest BCUT2D eigenvalue weighted by Crippen LogP contribution is -2.70. The van der Waals surface area contributed by atoms with Gasteiger partial charge in [-0.3, -0.25) is 15.0 Å². The molecule has 3 saturated heterocycles. The number of likely N-dealkylation sites (tertiary alicyclic amines) is 1. The molecule has 0 aromatic heterocycles. The van der Waals surface area contributed by atoms with Gasteiger partial charge in [-0.2, -0.15) is 0 Å².